The fourth-order valence-electron chi connectivity index (χ4n) is 3.11. The summed E-state index contributed by atoms with van der Waals surface area (Å²) in [7, 11) is 0. The number of pyridine rings is 1. The SMILES string of the molecule is CCc1c(N)nc2ccccc2c1C1=C2OCOC2C=C1. The summed E-state index contributed by atoms with van der Waals surface area (Å²) < 4.78 is 11.2. The summed E-state index contributed by atoms with van der Waals surface area (Å²) in [4.78, 5) is 4.52. The van der Waals surface area contributed by atoms with Crippen LogP contribution in [0.25, 0.3) is 16.5 Å². The molecule has 1 atom stereocenters. The molecule has 2 N–H and O–H groups in total. The average Bonchev–Trinajstić information content (AvgIpc) is 3.09. The second kappa shape index (κ2) is 4.60. The molecular formula is C17H16N2O2. The Bertz CT molecular complexity index is 793. The van der Waals surface area contributed by atoms with Crippen molar-refractivity contribution < 1.29 is 9.47 Å². The third-order valence-corrected chi connectivity index (χ3v) is 4.07. The van der Waals surface area contributed by atoms with E-state index in [1.54, 1.807) is 0 Å². The van der Waals surface area contributed by atoms with Gasteiger partial charge in [-0.2, -0.15) is 0 Å². The van der Waals surface area contributed by atoms with E-state index in [0.29, 0.717) is 12.6 Å². The zero-order valence-corrected chi connectivity index (χ0v) is 11.8. The minimum Gasteiger partial charge on any atom is -0.468 e. The largest absolute Gasteiger partial charge is 0.468 e. The van der Waals surface area contributed by atoms with E-state index in [4.69, 9.17) is 15.2 Å². The monoisotopic (exact) mass is 280 g/mol. The van der Waals surface area contributed by atoms with Crippen molar-refractivity contribution in [2.24, 2.45) is 0 Å². The number of fused-ring (bicyclic) bond motifs is 2. The van der Waals surface area contributed by atoms with Gasteiger partial charge in [0.1, 0.15) is 17.7 Å². The first kappa shape index (κ1) is 12.4. The van der Waals surface area contributed by atoms with Crippen molar-refractivity contribution in [3.63, 3.8) is 0 Å². The summed E-state index contributed by atoms with van der Waals surface area (Å²) in [6, 6.07) is 8.07. The standard InChI is InChI=1S/C17H16N2O2/c1-2-10-15(12-7-8-14-16(12)21-9-20-14)11-5-3-4-6-13(11)19-17(10)18/h3-8,14H,2,9H2,1H3,(H2,18,19). The maximum Gasteiger partial charge on any atom is 0.190 e. The lowest BCUT2D eigenvalue weighted by Crippen LogP contribution is -2.05. The van der Waals surface area contributed by atoms with Crippen LogP contribution in [0.5, 0.6) is 0 Å². The van der Waals surface area contributed by atoms with Crippen molar-refractivity contribution in [2.75, 3.05) is 12.5 Å². The van der Waals surface area contributed by atoms with Crippen LogP contribution in [-0.2, 0) is 15.9 Å². The van der Waals surface area contributed by atoms with Gasteiger partial charge < -0.3 is 15.2 Å². The number of aromatic nitrogens is 1. The highest BCUT2D eigenvalue weighted by molar-refractivity contribution is 5.99. The number of allylic oxidation sites excluding steroid dienone is 2. The van der Waals surface area contributed by atoms with Gasteiger partial charge in [0.2, 0.25) is 0 Å². The predicted octanol–water partition coefficient (Wildman–Crippen LogP) is 3.03. The normalized spacial score (nSPS) is 20.1. The van der Waals surface area contributed by atoms with Gasteiger partial charge in [-0.15, -0.1) is 0 Å². The molecule has 1 saturated heterocycles. The number of ether oxygens (including phenoxy) is 2. The molecule has 1 fully saturated rings. The Hall–Kier alpha value is -2.33. The van der Waals surface area contributed by atoms with Crippen LogP contribution in [0.3, 0.4) is 0 Å². The Morgan fingerprint density at radius 2 is 2.19 bits per heavy atom. The topological polar surface area (TPSA) is 57.4 Å². The number of nitrogens with zero attached hydrogens (tertiary/aromatic N) is 1. The summed E-state index contributed by atoms with van der Waals surface area (Å²) in [6.45, 7) is 2.41. The summed E-state index contributed by atoms with van der Waals surface area (Å²) in [5, 5.41) is 1.10. The smallest absolute Gasteiger partial charge is 0.190 e. The fraction of sp³-hybridized carbons (Fsp3) is 0.235. The highest BCUT2D eigenvalue weighted by Crippen LogP contribution is 2.39. The van der Waals surface area contributed by atoms with Gasteiger partial charge in [0.05, 0.1) is 5.52 Å². The second-order valence-corrected chi connectivity index (χ2v) is 5.21. The first-order chi connectivity index (χ1) is 10.3. The van der Waals surface area contributed by atoms with Crippen LogP contribution in [0.15, 0.2) is 42.2 Å². The zero-order valence-electron chi connectivity index (χ0n) is 11.8. The van der Waals surface area contributed by atoms with Crippen LogP contribution in [0.4, 0.5) is 5.82 Å². The van der Waals surface area contributed by atoms with Crippen LogP contribution in [0, 0.1) is 0 Å². The molecule has 4 heteroatoms. The third kappa shape index (κ3) is 1.76. The van der Waals surface area contributed by atoms with Crippen molar-refractivity contribution in [1.29, 1.82) is 0 Å². The van der Waals surface area contributed by atoms with Gasteiger partial charge in [-0.25, -0.2) is 4.98 Å². The minimum absolute atomic E-state index is 0.0575. The number of benzene rings is 1. The molecule has 1 aromatic heterocycles. The summed E-state index contributed by atoms with van der Waals surface area (Å²) in [5.41, 5.74) is 10.3. The number of hydrogen-bond donors (Lipinski definition) is 1. The van der Waals surface area contributed by atoms with E-state index in [0.717, 1.165) is 39.8 Å². The highest BCUT2D eigenvalue weighted by atomic mass is 16.7. The number of anilines is 1. The molecule has 2 aromatic rings. The lowest BCUT2D eigenvalue weighted by Gasteiger charge is -2.15. The first-order valence-corrected chi connectivity index (χ1v) is 7.14. The Morgan fingerprint density at radius 1 is 1.33 bits per heavy atom. The third-order valence-electron chi connectivity index (χ3n) is 4.07. The number of para-hydroxylation sites is 1. The van der Waals surface area contributed by atoms with E-state index in [1.807, 2.05) is 24.3 Å². The van der Waals surface area contributed by atoms with Crippen LogP contribution >= 0.6 is 0 Å². The molecule has 0 bridgehead atoms. The van der Waals surface area contributed by atoms with Crippen LogP contribution < -0.4 is 5.73 Å². The molecule has 21 heavy (non-hydrogen) atoms. The van der Waals surface area contributed by atoms with E-state index in [-0.39, 0.29) is 6.10 Å². The Kier molecular flexibility index (Phi) is 2.72. The lowest BCUT2D eigenvalue weighted by atomic mass is 9.94. The van der Waals surface area contributed by atoms with E-state index < -0.39 is 0 Å². The van der Waals surface area contributed by atoms with E-state index in [1.165, 1.54) is 0 Å². The molecule has 0 spiro atoms. The predicted molar refractivity (Wildman–Crippen MR) is 82.4 cm³/mol. The maximum atomic E-state index is 6.17. The van der Waals surface area contributed by atoms with Crippen molar-refractivity contribution in [3.8, 4) is 0 Å². The van der Waals surface area contributed by atoms with Gasteiger partial charge >= 0.3 is 0 Å². The first-order valence-electron chi connectivity index (χ1n) is 7.14. The Labute approximate surface area is 122 Å². The average molecular weight is 280 g/mol. The van der Waals surface area contributed by atoms with E-state index >= 15 is 0 Å². The molecule has 106 valence electrons. The van der Waals surface area contributed by atoms with Crippen LogP contribution in [-0.4, -0.2) is 17.9 Å². The summed E-state index contributed by atoms with van der Waals surface area (Å²) in [5.74, 6) is 1.48. The fourth-order valence-corrected chi connectivity index (χ4v) is 3.11. The molecule has 1 aliphatic carbocycles. The van der Waals surface area contributed by atoms with Crippen molar-refractivity contribution >= 4 is 22.3 Å². The molecule has 4 nitrogen and oxygen atoms in total. The number of nitrogens with two attached hydrogens (primary N) is 1. The van der Waals surface area contributed by atoms with Gasteiger partial charge in [-0.3, -0.25) is 0 Å². The molecule has 0 radical (unpaired) electrons. The minimum atomic E-state index is -0.0575. The Morgan fingerprint density at radius 3 is 3.05 bits per heavy atom. The van der Waals surface area contributed by atoms with Crippen LogP contribution in [0.1, 0.15) is 18.1 Å². The molecule has 0 amide bonds. The molecule has 2 aliphatic rings. The Balaban J connectivity index is 2.08. The van der Waals surface area contributed by atoms with Crippen molar-refractivity contribution in [2.45, 2.75) is 19.4 Å². The molecule has 1 aromatic carbocycles. The van der Waals surface area contributed by atoms with E-state index in [2.05, 4.69) is 24.1 Å². The summed E-state index contributed by atoms with van der Waals surface area (Å²) >= 11 is 0. The van der Waals surface area contributed by atoms with Crippen molar-refractivity contribution in [1.82, 2.24) is 4.98 Å². The highest BCUT2D eigenvalue weighted by Gasteiger charge is 2.31. The summed E-state index contributed by atoms with van der Waals surface area (Å²) in [6.07, 6.45) is 4.87. The number of hydrogen-bond acceptors (Lipinski definition) is 4. The molecule has 1 aliphatic heterocycles. The van der Waals surface area contributed by atoms with Gasteiger partial charge in [-0.1, -0.05) is 31.2 Å². The quantitative estimate of drug-likeness (QED) is 0.918. The lowest BCUT2D eigenvalue weighted by molar-refractivity contribution is 0.0625. The van der Waals surface area contributed by atoms with Gasteiger partial charge in [0.15, 0.2) is 6.79 Å². The second-order valence-electron chi connectivity index (χ2n) is 5.21. The van der Waals surface area contributed by atoms with Crippen LogP contribution in [0.2, 0.25) is 0 Å². The van der Waals surface area contributed by atoms with Gasteiger partial charge in [0, 0.05) is 22.1 Å². The molecule has 2 heterocycles. The van der Waals surface area contributed by atoms with E-state index in [9.17, 15) is 0 Å². The number of nitrogen functional groups attached to an aromatic ring is 1. The molecular weight excluding hydrogens is 264 g/mol. The number of rotatable bonds is 2. The van der Waals surface area contributed by atoms with Crippen molar-refractivity contribution in [3.05, 3.63) is 53.3 Å². The molecule has 1 unspecified atom stereocenters. The van der Waals surface area contributed by atoms with Gasteiger partial charge in [0.25, 0.3) is 0 Å². The zero-order chi connectivity index (χ0) is 14.4. The molecule has 0 saturated carbocycles. The molecule has 4 rings (SSSR count). The maximum absolute atomic E-state index is 6.17. The van der Waals surface area contributed by atoms with Gasteiger partial charge in [-0.05, 0) is 18.6 Å².